The zero-order valence-corrected chi connectivity index (χ0v) is 10.8. The van der Waals surface area contributed by atoms with E-state index in [-0.39, 0.29) is 5.91 Å². The lowest BCUT2D eigenvalue weighted by molar-refractivity contribution is 0.0936. The first-order chi connectivity index (χ1) is 7.66. The molecule has 16 heavy (non-hydrogen) atoms. The number of carbonyl (C=O) groups is 1. The number of amides is 1. The van der Waals surface area contributed by atoms with Crippen molar-refractivity contribution in [1.82, 2.24) is 10.3 Å². The van der Waals surface area contributed by atoms with Crippen molar-refractivity contribution < 1.29 is 4.79 Å². The summed E-state index contributed by atoms with van der Waals surface area (Å²) in [5.74, 6) is 0.696. The van der Waals surface area contributed by atoms with Crippen molar-refractivity contribution in [3.8, 4) is 0 Å². The Morgan fingerprint density at radius 1 is 1.56 bits per heavy atom. The topological polar surface area (TPSA) is 42.0 Å². The molecule has 1 aliphatic carbocycles. The molecule has 0 saturated heterocycles. The van der Waals surface area contributed by atoms with E-state index in [1.54, 1.807) is 18.3 Å². The van der Waals surface area contributed by atoms with Crippen LogP contribution >= 0.6 is 15.9 Å². The summed E-state index contributed by atoms with van der Waals surface area (Å²) >= 11 is 3.29. The standard InChI is InChI=1S/C12H15BrN2O/c1-8-4-5-9(7-8)15-12(16)10-3-2-6-14-11(10)13/h2-3,6,8-9H,4-5,7H2,1H3,(H,15,16). The summed E-state index contributed by atoms with van der Waals surface area (Å²) in [5, 5.41) is 3.06. The molecule has 1 saturated carbocycles. The second-order valence-corrected chi connectivity index (χ2v) is 5.18. The molecule has 1 N–H and O–H groups in total. The summed E-state index contributed by atoms with van der Waals surface area (Å²) in [7, 11) is 0. The molecule has 2 rings (SSSR count). The average molecular weight is 283 g/mol. The Kier molecular flexibility index (Phi) is 3.59. The van der Waals surface area contributed by atoms with E-state index >= 15 is 0 Å². The van der Waals surface area contributed by atoms with Gasteiger partial charge in [-0.1, -0.05) is 6.92 Å². The average Bonchev–Trinajstić information content (AvgIpc) is 2.64. The third-order valence-electron chi connectivity index (χ3n) is 3.03. The maximum Gasteiger partial charge on any atom is 0.254 e. The molecule has 1 aliphatic rings. The Hall–Kier alpha value is -0.900. The minimum atomic E-state index is -0.0286. The lowest BCUT2D eigenvalue weighted by atomic mass is 10.1. The van der Waals surface area contributed by atoms with Crippen LogP contribution < -0.4 is 5.32 Å². The number of halogens is 1. The zero-order valence-electron chi connectivity index (χ0n) is 9.24. The fraction of sp³-hybridized carbons (Fsp3) is 0.500. The first kappa shape index (κ1) is 11.6. The molecule has 4 heteroatoms. The third-order valence-corrected chi connectivity index (χ3v) is 3.67. The molecule has 2 unspecified atom stereocenters. The predicted molar refractivity (Wildman–Crippen MR) is 66.2 cm³/mol. The van der Waals surface area contributed by atoms with E-state index in [1.807, 2.05) is 0 Å². The highest BCUT2D eigenvalue weighted by Gasteiger charge is 2.23. The smallest absolute Gasteiger partial charge is 0.254 e. The highest BCUT2D eigenvalue weighted by Crippen LogP contribution is 2.25. The molecule has 1 heterocycles. The second kappa shape index (κ2) is 4.95. The van der Waals surface area contributed by atoms with Crippen LogP contribution in [-0.2, 0) is 0 Å². The van der Waals surface area contributed by atoms with Crippen molar-refractivity contribution in [3.05, 3.63) is 28.5 Å². The van der Waals surface area contributed by atoms with Gasteiger partial charge in [-0.3, -0.25) is 4.79 Å². The Balaban J connectivity index is 2.01. The molecule has 0 aromatic carbocycles. The predicted octanol–water partition coefficient (Wildman–Crippen LogP) is 2.76. The summed E-state index contributed by atoms with van der Waals surface area (Å²) in [5.41, 5.74) is 0.613. The van der Waals surface area contributed by atoms with Gasteiger partial charge in [0.2, 0.25) is 0 Å². The summed E-state index contributed by atoms with van der Waals surface area (Å²) in [6.07, 6.45) is 5.05. The van der Waals surface area contributed by atoms with E-state index in [0.29, 0.717) is 16.2 Å². The van der Waals surface area contributed by atoms with E-state index in [4.69, 9.17) is 0 Å². The van der Waals surface area contributed by atoms with Crippen LogP contribution in [0.15, 0.2) is 22.9 Å². The lowest BCUT2D eigenvalue weighted by Crippen LogP contribution is -2.33. The maximum atomic E-state index is 11.9. The molecular formula is C12H15BrN2O. The molecule has 1 aromatic rings. The number of hydrogen-bond acceptors (Lipinski definition) is 2. The van der Waals surface area contributed by atoms with Crippen LogP contribution in [0.3, 0.4) is 0 Å². The third kappa shape index (κ3) is 2.61. The Bertz CT molecular complexity index is 394. The van der Waals surface area contributed by atoms with E-state index in [2.05, 4.69) is 33.2 Å². The molecule has 1 aromatic heterocycles. The fourth-order valence-electron chi connectivity index (χ4n) is 2.16. The molecule has 2 atom stereocenters. The van der Waals surface area contributed by atoms with Crippen molar-refractivity contribution >= 4 is 21.8 Å². The van der Waals surface area contributed by atoms with Gasteiger partial charge in [-0.25, -0.2) is 4.98 Å². The van der Waals surface area contributed by atoms with Crippen LogP contribution in [0, 0.1) is 5.92 Å². The van der Waals surface area contributed by atoms with Gasteiger partial charge in [0.1, 0.15) is 4.60 Å². The van der Waals surface area contributed by atoms with Crippen molar-refractivity contribution in [2.24, 2.45) is 5.92 Å². The second-order valence-electron chi connectivity index (χ2n) is 4.43. The summed E-state index contributed by atoms with van der Waals surface area (Å²) < 4.78 is 0.610. The van der Waals surface area contributed by atoms with Gasteiger partial charge in [-0.15, -0.1) is 0 Å². The van der Waals surface area contributed by atoms with E-state index < -0.39 is 0 Å². The maximum absolute atomic E-state index is 11.9. The normalized spacial score (nSPS) is 24.4. The van der Waals surface area contributed by atoms with Crippen molar-refractivity contribution in [1.29, 1.82) is 0 Å². The number of hydrogen-bond donors (Lipinski definition) is 1. The molecule has 3 nitrogen and oxygen atoms in total. The SMILES string of the molecule is CC1CCC(NC(=O)c2cccnc2Br)C1. The first-order valence-corrected chi connectivity index (χ1v) is 6.37. The highest BCUT2D eigenvalue weighted by molar-refractivity contribution is 9.10. The van der Waals surface area contributed by atoms with Gasteiger partial charge in [0.05, 0.1) is 5.56 Å². The molecule has 1 fully saturated rings. The molecule has 86 valence electrons. The van der Waals surface area contributed by atoms with Crippen LogP contribution in [-0.4, -0.2) is 16.9 Å². The van der Waals surface area contributed by atoms with Gasteiger partial charge in [0, 0.05) is 12.2 Å². The molecule has 0 radical (unpaired) electrons. The Labute approximate surface area is 104 Å². The minimum Gasteiger partial charge on any atom is -0.349 e. The number of carbonyl (C=O) groups excluding carboxylic acids is 1. The number of aromatic nitrogens is 1. The minimum absolute atomic E-state index is 0.0286. The zero-order chi connectivity index (χ0) is 11.5. The van der Waals surface area contributed by atoms with Gasteiger partial charge in [-0.2, -0.15) is 0 Å². The van der Waals surface area contributed by atoms with Crippen molar-refractivity contribution in [2.75, 3.05) is 0 Å². The van der Waals surface area contributed by atoms with Crippen LogP contribution in [0.2, 0.25) is 0 Å². The van der Waals surface area contributed by atoms with E-state index in [1.165, 1.54) is 6.42 Å². The van der Waals surface area contributed by atoms with E-state index in [0.717, 1.165) is 18.8 Å². The van der Waals surface area contributed by atoms with Gasteiger partial charge in [-0.05, 0) is 53.2 Å². The molecule has 0 bridgehead atoms. The molecular weight excluding hydrogens is 268 g/mol. The molecule has 0 spiro atoms. The van der Waals surface area contributed by atoms with Gasteiger partial charge < -0.3 is 5.32 Å². The van der Waals surface area contributed by atoms with Crippen molar-refractivity contribution in [2.45, 2.75) is 32.2 Å². The monoisotopic (exact) mass is 282 g/mol. The summed E-state index contributed by atoms with van der Waals surface area (Å²) in [6.45, 7) is 2.23. The van der Waals surface area contributed by atoms with E-state index in [9.17, 15) is 4.79 Å². The van der Waals surface area contributed by atoms with Crippen LogP contribution in [0.5, 0.6) is 0 Å². The Morgan fingerprint density at radius 2 is 2.38 bits per heavy atom. The van der Waals surface area contributed by atoms with Crippen LogP contribution in [0.25, 0.3) is 0 Å². The summed E-state index contributed by atoms with van der Waals surface area (Å²) in [6, 6.07) is 3.89. The number of nitrogens with zero attached hydrogens (tertiary/aromatic N) is 1. The Morgan fingerprint density at radius 3 is 3.00 bits per heavy atom. The first-order valence-electron chi connectivity index (χ1n) is 5.58. The van der Waals surface area contributed by atoms with Crippen LogP contribution in [0.1, 0.15) is 36.5 Å². The fourth-order valence-corrected chi connectivity index (χ4v) is 2.59. The summed E-state index contributed by atoms with van der Waals surface area (Å²) in [4.78, 5) is 16.0. The quantitative estimate of drug-likeness (QED) is 0.848. The number of nitrogens with one attached hydrogen (secondary N) is 1. The largest absolute Gasteiger partial charge is 0.349 e. The van der Waals surface area contributed by atoms with Crippen LogP contribution in [0.4, 0.5) is 0 Å². The molecule has 1 amide bonds. The van der Waals surface area contributed by atoms with Gasteiger partial charge >= 0.3 is 0 Å². The number of rotatable bonds is 2. The van der Waals surface area contributed by atoms with Crippen molar-refractivity contribution in [3.63, 3.8) is 0 Å². The number of pyridine rings is 1. The lowest BCUT2D eigenvalue weighted by Gasteiger charge is -2.12. The van der Waals surface area contributed by atoms with Gasteiger partial charge in [0.15, 0.2) is 0 Å². The highest BCUT2D eigenvalue weighted by atomic mass is 79.9. The van der Waals surface area contributed by atoms with Gasteiger partial charge in [0.25, 0.3) is 5.91 Å². The molecule has 0 aliphatic heterocycles.